The predicted molar refractivity (Wildman–Crippen MR) is 65.7 cm³/mol. The van der Waals surface area contributed by atoms with Crippen LogP contribution in [0.25, 0.3) is 0 Å². The molecule has 0 amide bonds. The zero-order valence-corrected chi connectivity index (χ0v) is 10.3. The van der Waals surface area contributed by atoms with E-state index in [1.54, 1.807) is 0 Å². The van der Waals surface area contributed by atoms with Crippen molar-refractivity contribution in [2.45, 2.75) is 52.9 Å². The number of nitrogens with zero attached hydrogens (tertiary/aromatic N) is 1. The van der Waals surface area contributed by atoms with Crippen LogP contribution in [0.5, 0.6) is 0 Å². The standard InChI is InChI=1S/C13H27N/c1-4-7-10-13-14(11-8-5-2)12-9-6-3/h7,10H,4-6,8-9,11-13H2,1-3H3/b10-7+. The second-order valence-corrected chi connectivity index (χ2v) is 3.89. The van der Waals surface area contributed by atoms with E-state index in [9.17, 15) is 0 Å². The number of rotatable bonds is 9. The summed E-state index contributed by atoms with van der Waals surface area (Å²) in [5, 5.41) is 0. The van der Waals surface area contributed by atoms with Crippen LogP contribution in [-0.4, -0.2) is 24.5 Å². The van der Waals surface area contributed by atoms with Crippen LogP contribution in [-0.2, 0) is 0 Å². The molecular weight excluding hydrogens is 170 g/mol. The molecule has 0 saturated heterocycles. The second-order valence-electron chi connectivity index (χ2n) is 3.89. The maximum atomic E-state index is 2.57. The lowest BCUT2D eigenvalue weighted by atomic mass is 10.2. The number of hydrogen-bond donors (Lipinski definition) is 0. The molecule has 14 heavy (non-hydrogen) atoms. The number of hydrogen-bond acceptors (Lipinski definition) is 1. The molecule has 0 N–H and O–H groups in total. The van der Waals surface area contributed by atoms with Gasteiger partial charge >= 0.3 is 0 Å². The van der Waals surface area contributed by atoms with Gasteiger partial charge in [0.05, 0.1) is 0 Å². The Kier molecular flexibility index (Phi) is 10.5. The fourth-order valence-corrected chi connectivity index (χ4v) is 1.45. The molecule has 0 fully saturated rings. The Labute approximate surface area is 90.2 Å². The fraction of sp³-hybridized carbons (Fsp3) is 0.846. The van der Waals surface area contributed by atoms with Gasteiger partial charge in [-0.3, -0.25) is 4.90 Å². The number of unbranched alkanes of at least 4 members (excludes halogenated alkanes) is 2. The van der Waals surface area contributed by atoms with E-state index in [1.807, 2.05) is 0 Å². The van der Waals surface area contributed by atoms with Crippen molar-refractivity contribution in [3.63, 3.8) is 0 Å². The quantitative estimate of drug-likeness (QED) is 0.507. The van der Waals surface area contributed by atoms with Crippen molar-refractivity contribution in [3.05, 3.63) is 12.2 Å². The summed E-state index contributed by atoms with van der Waals surface area (Å²) in [5.74, 6) is 0. The lowest BCUT2D eigenvalue weighted by Gasteiger charge is -2.19. The van der Waals surface area contributed by atoms with Crippen LogP contribution < -0.4 is 0 Å². The molecule has 0 aromatic heterocycles. The number of allylic oxidation sites excluding steroid dienone is 1. The van der Waals surface area contributed by atoms with Gasteiger partial charge in [-0.1, -0.05) is 45.8 Å². The van der Waals surface area contributed by atoms with Gasteiger partial charge in [-0.2, -0.15) is 0 Å². The molecule has 0 rings (SSSR count). The van der Waals surface area contributed by atoms with Crippen LogP contribution in [0.2, 0.25) is 0 Å². The van der Waals surface area contributed by atoms with Crippen molar-refractivity contribution in [1.82, 2.24) is 4.90 Å². The minimum absolute atomic E-state index is 1.15. The van der Waals surface area contributed by atoms with Crippen LogP contribution in [0, 0.1) is 0 Å². The lowest BCUT2D eigenvalue weighted by Crippen LogP contribution is -2.26. The van der Waals surface area contributed by atoms with E-state index in [0.29, 0.717) is 0 Å². The Morgan fingerprint density at radius 3 is 1.86 bits per heavy atom. The van der Waals surface area contributed by atoms with Gasteiger partial charge in [0.1, 0.15) is 0 Å². The van der Waals surface area contributed by atoms with Gasteiger partial charge in [0, 0.05) is 6.54 Å². The second kappa shape index (κ2) is 10.8. The first-order chi connectivity index (χ1) is 6.85. The van der Waals surface area contributed by atoms with Gasteiger partial charge in [-0.15, -0.1) is 0 Å². The molecular formula is C13H27N. The van der Waals surface area contributed by atoms with Gasteiger partial charge in [0.15, 0.2) is 0 Å². The molecule has 0 bridgehead atoms. The van der Waals surface area contributed by atoms with Crippen molar-refractivity contribution in [2.75, 3.05) is 19.6 Å². The van der Waals surface area contributed by atoms with E-state index >= 15 is 0 Å². The highest BCUT2D eigenvalue weighted by Crippen LogP contribution is 1.99. The van der Waals surface area contributed by atoms with Crippen molar-refractivity contribution >= 4 is 0 Å². The highest BCUT2D eigenvalue weighted by molar-refractivity contribution is 4.83. The minimum atomic E-state index is 1.15. The molecule has 0 saturated carbocycles. The van der Waals surface area contributed by atoms with Crippen LogP contribution in [0.4, 0.5) is 0 Å². The Morgan fingerprint density at radius 2 is 1.43 bits per heavy atom. The summed E-state index contributed by atoms with van der Waals surface area (Å²) in [6.07, 6.45) is 11.0. The molecule has 0 atom stereocenters. The molecule has 0 heterocycles. The third kappa shape index (κ3) is 8.31. The van der Waals surface area contributed by atoms with Gasteiger partial charge in [-0.05, 0) is 32.4 Å². The summed E-state index contributed by atoms with van der Waals surface area (Å²) < 4.78 is 0. The average molecular weight is 197 g/mol. The van der Waals surface area contributed by atoms with Crippen molar-refractivity contribution in [1.29, 1.82) is 0 Å². The SMILES string of the molecule is CC/C=C/CN(CCCC)CCCC. The van der Waals surface area contributed by atoms with Gasteiger partial charge in [-0.25, -0.2) is 0 Å². The average Bonchev–Trinajstić information content (AvgIpc) is 2.21. The van der Waals surface area contributed by atoms with E-state index in [2.05, 4.69) is 37.8 Å². The maximum absolute atomic E-state index is 2.57. The molecule has 0 aliphatic heterocycles. The van der Waals surface area contributed by atoms with E-state index in [1.165, 1.54) is 38.8 Å². The molecule has 0 aromatic rings. The molecule has 84 valence electrons. The summed E-state index contributed by atoms with van der Waals surface area (Å²) in [5.41, 5.74) is 0. The first-order valence-corrected chi connectivity index (χ1v) is 6.22. The Morgan fingerprint density at radius 1 is 0.857 bits per heavy atom. The van der Waals surface area contributed by atoms with E-state index in [0.717, 1.165) is 13.0 Å². The molecule has 0 unspecified atom stereocenters. The molecule has 0 aromatic carbocycles. The van der Waals surface area contributed by atoms with E-state index < -0.39 is 0 Å². The highest BCUT2D eigenvalue weighted by Gasteiger charge is 2.00. The minimum Gasteiger partial charge on any atom is -0.300 e. The predicted octanol–water partition coefficient (Wildman–Crippen LogP) is 3.85. The lowest BCUT2D eigenvalue weighted by molar-refractivity contribution is 0.292. The normalized spacial score (nSPS) is 11.7. The smallest absolute Gasteiger partial charge is 0.0163 e. The van der Waals surface area contributed by atoms with Crippen LogP contribution in [0.1, 0.15) is 52.9 Å². The third-order valence-electron chi connectivity index (χ3n) is 2.42. The first-order valence-electron chi connectivity index (χ1n) is 6.22. The molecule has 1 heteroatoms. The summed E-state index contributed by atoms with van der Waals surface area (Å²) in [7, 11) is 0. The molecule has 0 aliphatic rings. The molecule has 1 nitrogen and oxygen atoms in total. The maximum Gasteiger partial charge on any atom is 0.0163 e. The fourth-order valence-electron chi connectivity index (χ4n) is 1.45. The largest absolute Gasteiger partial charge is 0.300 e. The molecule has 0 aliphatic carbocycles. The van der Waals surface area contributed by atoms with E-state index in [-0.39, 0.29) is 0 Å². The Hall–Kier alpha value is -0.300. The molecule has 0 spiro atoms. The monoisotopic (exact) mass is 197 g/mol. The zero-order chi connectivity index (χ0) is 10.6. The van der Waals surface area contributed by atoms with Crippen LogP contribution in [0.3, 0.4) is 0 Å². The van der Waals surface area contributed by atoms with Crippen molar-refractivity contribution < 1.29 is 0 Å². The summed E-state index contributed by atoms with van der Waals surface area (Å²) >= 11 is 0. The highest BCUT2D eigenvalue weighted by atomic mass is 15.1. The van der Waals surface area contributed by atoms with Gasteiger partial charge < -0.3 is 0 Å². The van der Waals surface area contributed by atoms with Crippen LogP contribution >= 0.6 is 0 Å². The summed E-state index contributed by atoms with van der Waals surface area (Å²) in [6, 6.07) is 0. The zero-order valence-electron chi connectivity index (χ0n) is 10.3. The molecule has 0 radical (unpaired) electrons. The summed E-state index contributed by atoms with van der Waals surface area (Å²) in [6.45, 7) is 10.4. The van der Waals surface area contributed by atoms with Gasteiger partial charge in [0.25, 0.3) is 0 Å². The summed E-state index contributed by atoms with van der Waals surface area (Å²) in [4.78, 5) is 2.57. The Bertz CT molecular complexity index is 121. The topological polar surface area (TPSA) is 3.24 Å². The first kappa shape index (κ1) is 13.7. The third-order valence-corrected chi connectivity index (χ3v) is 2.42. The van der Waals surface area contributed by atoms with Crippen molar-refractivity contribution in [3.8, 4) is 0 Å². The van der Waals surface area contributed by atoms with Crippen LogP contribution in [0.15, 0.2) is 12.2 Å². The van der Waals surface area contributed by atoms with E-state index in [4.69, 9.17) is 0 Å². The Balaban J connectivity index is 3.65. The van der Waals surface area contributed by atoms with Gasteiger partial charge in [0.2, 0.25) is 0 Å². The van der Waals surface area contributed by atoms with Crippen molar-refractivity contribution in [2.24, 2.45) is 0 Å².